The second-order valence-corrected chi connectivity index (χ2v) is 9.32. The summed E-state index contributed by atoms with van der Waals surface area (Å²) in [4.78, 5) is 2.63. The Hall–Kier alpha value is -1.69. The predicted molar refractivity (Wildman–Crippen MR) is 104 cm³/mol. The standard InChI is InChI=1S/C21H27NO3S/c1-17(2)20-15-22(16-21(25-20)18-9-5-3-6-10-18)13-14-26(23,24)19-11-7-4-8-12-19/h3-12,17,20-21H,13-16H2,1-2H3/t20-,21+/m1/s1. The van der Waals surface area contributed by atoms with Gasteiger partial charge >= 0.3 is 0 Å². The van der Waals surface area contributed by atoms with E-state index in [0.717, 1.165) is 18.7 Å². The molecule has 2 atom stereocenters. The first kappa shape index (κ1) is 19.1. The molecular weight excluding hydrogens is 346 g/mol. The maximum absolute atomic E-state index is 12.6. The lowest BCUT2D eigenvalue weighted by Gasteiger charge is -2.40. The van der Waals surface area contributed by atoms with Crippen molar-refractivity contribution >= 4 is 9.84 Å². The average molecular weight is 374 g/mol. The molecule has 2 aromatic rings. The first-order chi connectivity index (χ1) is 12.5. The molecule has 5 heteroatoms. The van der Waals surface area contributed by atoms with Gasteiger partial charge in [0.2, 0.25) is 0 Å². The van der Waals surface area contributed by atoms with Crippen LogP contribution in [0.2, 0.25) is 0 Å². The van der Waals surface area contributed by atoms with E-state index in [1.807, 2.05) is 24.3 Å². The summed E-state index contributed by atoms with van der Waals surface area (Å²) in [6.07, 6.45) is 0.0881. The fourth-order valence-corrected chi connectivity index (χ4v) is 4.56. The number of sulfone groups is 1. The van der Waals surface area contributed by atoms with Crippen LogP contribution in [-0.4, -0.2) is 44.8 Å². The fourth-order valence-electron chi connectivity index (χ4n) is 3.26. The Morgan fingerprint density at radius 1 is 1.00 bits per heavy atom. The fraction of sp³-hybridized carbons (Fsp3) is 0.429. The summed E-state index contributed by atoms with van der Waals surface area (Å²) in [6.45, 7) is 6.31. The highest BCUT2D eigenvalue weighted by molar-refractivity contribution is 7.91. The van der Waals surface area contributed by atoms with E-state index >= 15 is 0 Å². The Balaban J connectivity index is 1.70. The molecule has 140 valence electrons. The lowest BCUT2D eigenvalue weighted by molar-refractivity contribution is -0.104. The van der Waals surface area contributed by atoms with Crippen molar-refractivity contribution in [2.75, 3.05) is 25.4 Å². The van der Waals surface area contributed by atoms with E-state index in [4.69, 9.17) is 4.74 Å². The number of morpholine rings is 1. The van der Waals surface area contributed by atoms with Gasteiger partial charge in [-0.15, -0.1) is 0 Å². The van der Waals surface area contributed by atoms with Crippen LogP contribution >= 0.6 is 0 Å². The highest BCUT2D eigenvalue weighted by Crippen LogP contribution is 2.28. The zero-order chi connectivity index (χ0) is 18.6. The summed E-state index contributed by atoms with van der Waals surface area (Å²) >= 11 is 0. The third-order valence-electron chi connectivity index (χ3n) is 4.89. The highest BCUT2D eigenvalue weighted by Gasteiger charge is 2.31. The molecule has 0 saturated carbocycles. The monoisotopic (exact) mass is 373 g/mol. The molecule has 1 fully saturated rings. The number of benzene rings is 2. The van der Waals surface area contributed by atoms with Gasteiger partial charge in [0.25, 0.3) is 0 Å². The second kappa shape index (κ2) is 8.33. The third kappa shape index (κ3) is 4.72. The summed E-state index contributed by atoms with van der Waals surface area (Å²) in [5.74, 6) is 0.512. The molecule has 1 saturated heterocycles. The van der Waals surface area contributed by atoms with Crippen molar-refractivity contribution in [3.63, 3.8) is 0 Å². The van der Waals surface area contributed by atoms with Gasteiger partial charge in [-0.25, -0.2) is 8.42 Å². The average Bonchev–Trinajstić information content (AvgIpc) is 2.67. The first-order valence-electron chi connectivity index (χ1n) is 9.16. The summed E-state index contributed by atoms with van der Waals surface area (Å²) < 4.78 is 31.5. The molecular formula is C21H27NO3S. The molecule has 26 heavy (non-hydrogen) atoms. The van der Waals surface area contributed by atoms with Gasteiger partial charge in [0.1, 0.15) is 0 Å². The molecule has 0 unspecified atom stereocenters. The molecule has 0 amide bonds. The Morgan fingerprint density at radius 3 is 2.23 bits per heavy atom. The lowest BCUT2D eigenvalue weighted by atomic mass is 10.0. The molecule has 0 N–H and O–H groups in total. The van der Waals surface area contributed by atoms with Crippen molar-refractivity contribution in [2.45, 2.75) is 31.0 Å². The van der Waals surface area contributed by atoms with Crippen molar-refractivity contribution in [3.05, 3.63) is 66.2 Å². The molecule has 3 rings (SSSR count). The zero-order valence-electron chi connectivity index (χ0n) is 15.4. The minimum atomic E-state index is -3.26. The molecule has 0 bridgehead atoms. The molecule has 1 aliphatic rings. The van der Waals surface area contributed by atoms with E-state index in [0.29, 0.717) is 17.4 Å². The molecule has 1 heterocycles. The van der Waals surface area contributed by atoms with Gasteiger partial charge in [0.05, 0.1) is 22.9 Å². The van der Waals surface area contributed by atoms with E-state index in [9.17, 15) is 8.42 Å². The Morgan fingerprint density at radius 2 is 1.62 bits per heavy atom. The van der Waals surface area contributed by atoms with E-state index < -0.39 is 9.84 Å². The Bertz CT molecular complexity index is 791. The van der Waals surface area contributed by atoms with Crippen LogP contribution in [0.5, 0.6) is 0 Å². The van der Waals surface area contributed by atoms with Crippen molar-refractivity contribution < 1.29 is 13.2 Å². The van der Waals surface area contributed by atoms with Crippen LogP contribution in [-0.2, 0) is 14.6 Å². The van der Waals surface area contributed by atoms with Gasteiger partial charge in [-0.3, -0.25) is 4.90 Å². The molecule has 0 aromatic heterocycles. The molecule has 0 aliphatic carbocycles. The van der Waals surface area contributed by atoms with Crippen molar-refractivity contribution in [3.8, 4) is 0 Å². The van der Waals surface area contributed by atoms with Crippen LogP contribution in [0.25, 0.3) is 0 Å². The van der Waals surface area contributed by atoms with Crippen LogP contribution in [0.4, 0.5) is 0 Å². The molecule has 1 aliphatic heterocycles. The number of nitrogens with zero attached hydrogens (tertiary/aromatic N) is 1. The molecule has 4 nitrogen and oxygen atoms in total. The topological polar surface area (TPSA) is 46.6 Å². The zero-order valence-corrected chi connectivity index (χ0v) is 16.2. The van der Waals surface area contributed by atoms with E-state index in [1.54, 1.807) is 24.3 Å². The minimum Gasteiger partial charge on any atom is -0.367 e. The van der Waals surface area contributed by atoms with E-state index in [1.165, 1.54) is 0 Å². The van der Waals surface area contributed by atoms with Gasteiger partial charge < -0.3 is 4.74 Å². The van der Waals surface area contributed by atoms with Crippen molar-refractivity contribution in [2.24, 2.45) is 5.92 Å². The second-order valence-electron chi connectivity index (χ2n) is 7.21. The van der Waals surface area contributed by atoms with Crippen LogP contribution in [0.3, 0.4) is 0 Å². The van der Waals surface area contributed by atoms with E-state index in [2.05, 4.69) is 30.9 Å². The maximum Gasteiger partial charge on any atom is 0.179 e. The number of hydrogen-bond donors (Lipinski definition) is 0. The largest absolute Gasteiger partial charge is 0.367 e. The van der Waals surface area contributed by atoms with Gasteiger partial charge in [0, 0.05) is 19.6 Å². The molecule has 0 radical (unpaired) electrons. The van der Waals surface area contributed by atoms with Crippen molar-refractivity contribution in [1.82, 2.24) is 4.90 Å². The number of rotatable bonds is 6. The summed E-state index contributed by atoms with van der Waals surface area (Å²) in [6, 6.07) is 18.9. The minimum absolute atomic E-state index is 0.0169. The first-order valence-corrected chi connectivity index (χ1v) is 10.8. The van der Waals surface area contributed by atoms with Crippen molar-refractivity contribution in [1.29, 1.82) is 0 Å². The quantitative estimate of drug-likeness (QED) is 0.777. The van der Waals surface area contributed by atoms with Gasteiger partial charge in [0.15, 0.2) is 9.84 Å². The smallest absolute Gasteiger partial charge is 0.179 e. The third-order valence-corrected chi connectivity index (χ3v) is 6.61. The van der Waals surface area contributed by atoms with Crippen LogP contribution in [0.15, 0.2) is 65.6 Å². The van der Waals surface area contributed by atoms with Gasteiger partial charge in [-0.1, -0.05) is 62.4 Å². The maximum atomic E-state index is 12.6. The number of hydrogen-bond acceptors (Lipinski definition) is 4. The predicted octanol–water partition coefficient (Wildman–Crippen LogP) is 3.56. The summed E-state index contributed by atoms with van der Waals surface area (Å²) in [5.41, 5.74) is 1.15. The lowest BCUT2D eigenvalue weighted by Crippen LogP contribution is -2.47. The van der Waals surface area contributed by atoms with E-state index in [-0.39, 0.29) is 18.0 Å². The summed E-state index contributed by atoms with van der Waals surface area (Å²) in [5, 5.41) is 0. The summed E-state index contributed by atoms with van der Waals surface area (Å²) in [7, 11) is -3.26. The SMILES string of the molecule is CC(C)[C@H]1CN(CCS(=O)(=O)c2ccccc2)C[C@@H](c2ccccc2)O1. The molecule has 0 spiro atoms. The number of ether oxygens (including phenoxy) is 1. The van der Waals surface area contributed by atoms with Gasteiger partial charge in [-0.2, -0.15) is 0 Å². The highest BCUT2D eigenvalue weighted by atomic mass is 32.2. The normalized spacial score (nSPS) is 21.8. The molecule has 2 aromatic carbocycles. The Labute approximate surface area is 156 Å². The van der Waals surface area contributed by atoms with Gasteiger partial charge in [-0.05, 0) is 23.6 Å². The Kier molecular flexibility index (Phi) is 6.12. The van der Waals surface area contributed by atoms with Crippen LogP contribution < -0.4 is 0 Å². The van der Waals surface area contributed by atoms with Crippen LogP contribution in [0.1, 0.15) is 25.5 Å². The van der Waals surface area contributed by atoms with Crippen LogP contribution in [0, 0.1) is 5.92 Å².